The fourth-order valence-corrected chi connectivity index (χ4v) is 4.52. The lowest BCUT2D eigenvalue weighted by molar-refractivity contribution is -0.117. The van der Waals surface area contributed by atoms with Gasteiger partial charge in [-0.05, 0) is 49.2 Å². The summed E-state index contributed by atoms with van der Waals surface area (Å²) in [5.74, 6) is -0.102. The Morgan fingerprint density at radius 2 is 1.71 bits per heavy atom. The number of rotatable bonds is 8. The van der Waals surface area contributed by atoms with Crippen molar-refractivity contribution in [3.8, 4) is 5.75 Å². The van der Waals surface area contributed by atoms with Crippen LogP contribution in [0.1, 0.15) is 11.1 Å². The Hall–Kier alpha value is -2.87. The number of methoxy groups -OCH3 is 1. The molecule has 0 aliphatic rings. The third-order valence-electron chi connectivity index (χ3n) is 4.65. The lowest BCUT2D eigenvalue weighted by Crippen LogP contribution is -2.45. The number of sulfonamides is 1. The van der Waals surface area contributed by atoms with Crippen molar-refractivity contribution in [1.29, 1.82) is 0 Å². The summed E-state index contributed by atoms with van der Waals surface area (Å²) in [5.41, 5.74) is 2.46. The van der Waals surface area contributed by atoms with Gasteiger partial charge in [0.1, 0.15) is 11.8 Å². The minimum atomic E-state index is -4.02. The highest BCUT2D eigenvalue weighted by atomic mass is 35.5. The molecular formula is C23H23ClN2O4S. The summed E-state index contributed by atoms with van der Waals surface area (Å²) in [5, 5.41) is 2.94. The van der Waals surface area contributed by atoms with Crippen LogP contribution in [0, 0.1) is 6.92 Å². The van der Waals surface area contributed by atoms with Crippen LogP contribution in [0.15, 0.2) is 77.7 Å². The van der Waals surface area contributed by atoms with Crippen molar-refractivity contribution >= 4 is 33.2 Å². The van der Waals surface area contributed by atoms with Crippen LogP contribution in [0.2, 0.25) is 5.02 Å². The first-order valence-corrected chi connectivity index (χ1v) is 11.4. The van der Waals surface area contributed by atoms with E-state index >= 15 is 0 Å². The Bertz CT molecular complexity index is 1150. The average Bonchev–Trinajstić information content (AvgIpc) is 2.75. The lowest BCUT2D eigenvalue weighted by Gasteiger charge is -2.19. The zero-order chi connectivity index (χ0) is 22.4. The molecule has 0 aromatic heterocycles. The number of halogens is 1. The number of carbonyl (C=O) groups excluding carboxylic acids is 1. The number of hydrogen-bond donors (Lipinski definition) is 2. The van der Waals surface area contributed by atoms with E-state index in [0.717, 1.165) is 11.1 Å². The second-order valence-corrected chi connectivity index (χ2v) is 9.14. The van der Waals surface area contributed by atoms with Crippen LogP contribution in [0.25, 0.3) is 0 Å². The summed E-state index contributed by atoms with van der Waals surface area (Å²) >= 11 is 6.09. The van der Waals surface area contributed by atoms with Crippen molar-refractivity contribution in [2.45, 2.75) is 24.3 Å². The molecule has 31 heavy (non-hydrogen) atoms. The second kappa shape index (κ2) is 9.96. The average molecular weight is 459 g/mol. The van der Waals surface area contributed by atoms with Crippen molar-refractivity contribution in [2.75, 3.05) is 12.4 Å². The molecule has 0 aliphatic heterocycles. The largest absolute Gasteiger partial charge is 0.495 e. The van der Waals surface area contributed by atoms with Gasteiger partial charge in [-0.1, -0.05) is 59.6 Å². The van der Waals surface area contributed by atoms with Gasteiger partial charge in [0, 0.05) is 5.69 Å². The van der Waals surface area contributed by atoms with Crippen LogP contribution in [0.5, 0.6) is 5.75 Å². The fourth-order valence-electron chi connectivity index (χ4n) is 2.97. The van der Waals surface area contributed by atoms with Crippen LogP contribution in [0.3, 0.4) is 0 Å². The molecule has 3 aromatic carbocycles. The molecule has 1 unspecified atom stereocenters. The third kappa shape index (κ3) is 6.07. The van der Waals surface area contributed by atoms with Gasteiger partial charge in [0.05, 0.1) is 17.0 Å². The zero-order valence-corrected chi connectivity index (χ0v) is 18.7. The molecule has 8 heteroatoms. The Morgan fingerprint density at radius 1 is 1.03 bits per heavy atom. The molecule has 3 aromatic rings. The van der Waals surface area contributed by atoms with Crippen molar-refractivity contribution in [2.24, 2.45) is 0 Å². The predicted octanol–water partition coefficient (Wildman–Crippen LogP) is 4.19. The van der Waals surface area contributed by atoms with Gasteiger partial charge >= 0.3 is 0 Å². The van der Waals surface area contributed by atoms with Crippen LogP contribution in [-0.4, -0.2) is 27.5 Å². The van der Waals surface area contributed by atoms with Gasteiger partial charge in [0.2, 0.25) is 15.9 Å². The van der Waals surface area contributed by atoms with Crippen molar-refractivity contribution < 1.29 is 17.9 Å². The van der Waals surface area contributed by atoms with Gasteiger partial charge in [-0.15, -0.1) is 0 Å². The summed E-state index contributed by atoms with van der Waals surface area (Å²) < 4.78 is 33.6. The highest BCUT2D eigenvalue weighted by molar-refractivity contribution is 7.89. The van der Waals surface area contributed by atoms with Crippen molar-refractivity contribution in [3.63, 3.8) is 0 Å². The van der Waals surface area contributed by atoms with Crippen LogP contribution >= 0.6 is 11.6 Å². The molecule has 0 spiro atoms. The number of aryl methyl sites for hydroxylation is 1. The molecule has 2 N–H and O–H groups in total. The topological polar surface area (TPSA) is 84.5 Å². The minimum Gasteiger partial charge on any atom is -0.495 e. The van der Waals surface area contributed by atoms with Gasteiger partial charge in [-0.3, -0.25) is 4.79 Å². The molecule has 0 fully saturated rings. The van der Waals surface area contributed by atoms with E-state index in [0.29, 0.717) is 11.4 Å². The summed E-state index contributed by atoms with van der Waals surface area (Å²) in [6.07, 6.45) is 0.182. The standard InChI is InChI=1S/C23H23ClN2O4S/c1-16-8-10-18(11-9-16)25-23(27)21(14-17-6-4-3-5-7-17)26-31(28,29)19-12-13-22(30-2)20(24)15-19/h3-13,15,21,26H,14H2,1-2H3,(H,25,27). The number of amides is 1. The molecule has 0 aliphatic carbocycles. The van der Waals surface area contributed by atoms with E-state index < -0.39 is 22.0 Å². The lowest BCUT2D eigenvalue weighted by atomic mass is 10.1. The molecule has 1 amide bonds. The normalized spacial score (nSPS) is 12.2. The van der Waals surface area contributed by atoms with E-state index in [9.17, 15) is 13.2 Å². The smallest absolute Gasteiger partial charge is 0.242 e. The highest BCUT2D eigenvalue weighted by Crippen LogP contribution is 2.27. The summed E-state index contributed by atoms with van der Waals surface area (Å²) in [6.45, 7) is 1.94. The van der Waals surface area contributed by atoms with Gasteiger partial charge in [-0.2, -0.15) is 4.72 Å². The monoisotopic (exact) mass is 458 g/mol. The Kier molecular flexibility index (Phi) is 7.33. The van der Waals surface area contributed by atoms with Gasteiger partial charge in [0.25, 0.3) is 0 Å². The molecule has 6 nitrogen and oxygen atoms in total. The van der Waals surface area contributed by atoms with Crippen LogP contribution in [0.4, 0.5) is 5.69 Å². The van der Waals surface area contributed by atoms with E-state index in [-0.39, 0.29) is 16.3 Å². The molecule has 1 atom stereocenters. The van der Waals surface area contributed by atoms with Gasteiger partial charge in [-0.25, -0.2) is 8.42 Å². The zero-order valence-electron chi connectivity index (χ0n) is 17.1. The highest BCUT2D eigenvalue weighted by Gasteiger charge is 2.27. The first-order valence-electron chi connectivity index (χ1n) is 9.56. The van der Waals surface area contributed by atoms with Gasteiger partial charge < -0.3 is 10.1 Å². The SMILES string of the molecule is COc1ccc(S(=O)(=O)NC(Cc2ccccc2)C(=O)Nc2ccc(C)cc2)cc1Cl. The molecule has 0 radical (unpaired) electrons. The minimum absolute atomic E-state index is 0.0560. The summed E-state index contributed by atoms with van der Waals surface area (Å²) in [4.78, 5) is 12.9. The Labute approximate surface area is 187 Å². The molecule has 0 saturated heterocycles. The first-order chi connectivity index (χ1) is 14.8. The number of ether oxygens (including phenoxy) is 1. The van der Waals surface area contributed by atoms with E-state index in [2.05, 4.69) is 10.0 Å². The van der Waals surface area contributed by atoms with Crippen molar-refractivity contribution in [3.05, 3.63) is 88.9 Å². The van der Waals surface area contributed by atoms with E-state index in [1.807, 2.05) is 49.4 Å². The molecule has 3 rings (SSSR count). The Balaban J connectivity index is 1.87. The third-order valence-corrected chi connectivity index (χ3v) is 6.41. The number of nitrogens with one attached hydrogen (secondary N) is 2. The van der Waals surface area contributed by atoms with E-state index in [4.69, 9.17) is 16.3 Å². The van der Waals surface area contributed by atoms with Crippen LogP contribution in [-0.2, 0) is 21.2 Å². The van der Waals surface area contributed by atoms with Crippen molar-refractivity contribution in [1.82, 2.24) is 4.72 Å². The van der Waals surface area contributed by atoms with Gasteiger partial charge in [0.15, 0.2) is 0 Å². The first kappa shape index (κ1) is 22.8. The molecule has 162 valence electrons. The number of benzene rings is 3. The molecule has 0 saturated carbocycles. The number of carbonyl (C=O) groups is 1. The van der Waals surface area contributed by atoms with Crippen LogP contribution < -0.4 is 14.8 Å². The predicted molar refractivity (Wildman–Crippen MR) is 122 cm³/mol. The second-order valence-electron chi connectivity index (χ2n) is 7.02. The summed E-state index contributed by atoms with van der Waals surface area (Å²) in [7, 11) is -2.58. The summed E-state index contributed by atoms with van der Waals surface area (Å²) in [6, 6.07) is 19.6. The maximum absolute atomic E-state index is 13.0. The fraction of sp³-hybridized carbons (Fsp3) is 0.174. The number of anilines is 1. The maximum atomic E-state index is 13.0. The van der Waals surface area contributed by atoms with E-state index in [1.54, 1.807) is 12.1 Å². The number of hydrogen-bond acceptors (Lipinski definition) is 4. The van der Waals surface area contributed by atoms with E-state index in [1.165, 1.54) is 25.3 Å². The Morgan fingerprint density at radius 3 is 2.32 bits per heavy atom. The maximum Gasteiger partial charge on any atom is 0.242 e. The molecule has 0 heterocycles. The molecular weight excluding hydrogens is 436 g/mol. The molecule has 0 bridgehead atoms. The quantitative estimate of drug-likeness (QED) is 0.530.